The number of hydrogen-bond acceptors (Lipinski definition) is 2. The van der Waals surface area contributed by atoms with Crippen molar-refractivity contribution in [3.8, 4) is 5.75 Å². The van der Waals surface area contributed by atoms with Crippen LogP contribution >= 0.6 is 15.9 Å². The number of hydrogen-bond donors (Lipinski definition) is 0. The lowest BCUT2D eigenvalue weighted by Gasteiger charge is -2.28. The van der Waals surface area contributed by atoms with E-state index in [4.69, 9.17) is 4.74 Å². The Balaban J connectivity index is 2.28. The second kappa shape index (κ2) is 6.93. The second-order valence-electron chi connectivity index (χ2n) is 5.03. The number of ether oxygens (including phenoxy) is 1. The van der Waals surface area contributed by atoms with Gasteiger partial charge in [-0.1, -0.05) is 18.9 Å². The Hall–Kier alpha value is -1.29. The van der Waals surface area contributed by atoms with Crippen LogP contribution in [0.5, 0.6) is 5.75 Å². The SMILES string of the molecule is C=CCN(C(=O)c1cc(OC)ccc1Br)C1CCCC1. The quantitative estimate of drug-likeness (QED) is 0.759. The van der Waals surface area contributed by atoms with Gasteiger partial charge >= 0.3 is 0 Å². The summed E-state index contributed by atoms with van der Waals surface area (Å²) in [5.41, 5.74) is 0.651. The van der Waals surface area contributed by atoms with Gasteiger partial charge in [0.1, 0.15) is 5.75 Å². The molecule has 0 heterocycles. The molecule has 0 radical (unpaired) electrons. The highest BCUT2D eigenvalue weighted by molar-refractivity contribution is 9.10. The van der Waals surface area contributed by atoms with Crippen LogP contribution in [0.25, 0.3) is 0 Å². The first-order valence-electron chi connectivity index (χ1n) is 6.92. The Morgan fingerprint density at radius 2 is 2.20 bits per heavy atom. The predicted molar refractivity (Wildman–Crippen MR) is 84.2 cm³/mol. The molecule has 1 aliphatic carbocycles. The third-order valence-corrected chi connectivity index (χ3v) is 4.45. The molecule has 0 spiro atoms. The number of nitrogens with zero attached hydrogens (tertiary/aromatic N) is 1. The van der Waals surface area contributed by atoms with Crippen LogP contribution < -0.4 is 4.74 Å². The third kappa shape index (κ3) is 3.23. The minimum absolute atomic E-state index is 0.0441. The van der Waals surface area contributed by atoms with Crippen LogP contribution in [-0.2, 0) is 0 Å². The molecule has 2 rings (SSSR count). The van der Waals surface area contributed by atoms with Gasteiger partial charge in [-0.3, -0.25) is 4.79 Å². The van der Waals surface area contributed by atoms with Gasteiger partial charge in [-0.2, -0.15) is 0 Å². The monoisotopic (exact) mass is 337 g/mol. The zero-order valence-corrected chi connectivity index (χ0v) is 13.4. The summed E-state index contributed by atoms with van der Waals surface area (Å²) >= 11 is 3.46. The van der Waals surface area contributed by atoms with Gasteiger partial charge in [-0.15, -0.1) is 6.58 Å². The highest BCUT2D eigenvalue weighted by Gasteiger charge is 2.27. The summed E-state index contributed by atoms with van der Waals surface area (Å²) < 4.78 is 6.01. The summed E-state index contributed by atoms with van der Waals surface area (Å²) in [6.07, 6.45) is 6.36. The number of benzene rings is 1. The Bertz CT molecular complexity index is 495. The Morgan fingerprint density at radius 1 is 1.50 bits per heavy atom. The molecule has 0 aromatic heterocycles. The van der Waals surface area contributed by atoms with Gasteiger partial charge in [0.05, 0.1) is 12.7 Å². The van der Waals surface area contributed by atoms with Crippen molar-refractivity contribution in [1.82, 2.24) is 4.90 Å². The van der Waals surface area contributed by atoms with E-state index in [-0.39, 0.29) is 5.91 Å². The van der Waals surface area contributed by atoms with Crippen LogP contribution in [0, 0.1) is 0 Å². The summed E-state index contributed by atoms with van der Waals surface area (Å²) in [6.45, 7) is 4.36. The zero-order chi connectivity index (χ0) is 14.5. The van der Waals surface area contributed by atoms with E-state index in [0.29, 0.717) is 23.9 Å². The molecule has 1 saturated carbocycles. The Morgan fingerprint density at radius 3 is 2.80 bits per heavy atom. The molecule has 3 nitrogen and oxygen atoms in total. The van der Waals surface area contributed by atoms with Gasteiger partial charge in [0.15, 0.2) is 0 Å². The number of halogens is 1. The van der Waals surface area contributed by atoms with Gasteiger partial charge in [-0.05, 0) is 47.0 Å². The van der Waals surface area contributed by atoms with Crippen molar-refractivity contribution in [2.45, 2.75) is 31.7 Å². The van der Waals surface area contributed by atoms with Crippen molar-refractivity contribution in [2.24, 2.45) is 0 Å². The molecule has 0 bridgehead atoms. The smallest absolute Gasteiger partial charge is 0.255 e. The summed E-state index contributed by atoms with van der Waals surface area (Å²) in [4.78, 5) is 14.7. The fourth-order valence-corrected chi connectivity index (χ4v) is 3.12. The average molecular weight is 338 g/mol. The number of carbonyl (C=O) groups is 1. The highest BCUT2D eigenvalue weighted by atomic mass is 79.9. The van der Waals surface area contributed by atoms with Crippen LogP contribution in [-0.4, -0.2) is 30.5 Å². The molecule has 1 aromatic rings. The largest absolute Gasteiger partial charge is 0.497 e. The summed E-state index contributed by atoms with van der Waals surface area (Å²) in [5, 5.41) is 0. The van der Waals surface area contributed by atoms with E-state index >= 15 is 0 Å². The van der Waals surface area contributed by atoms with Crippen molar-refractivity contribution in [3.05, 3.63) is 40.9 Å². The van der Waals surface area contributed by atoms with E-state index in [1.807, 2.05) is 17.0 Å². The number of rotatable bonds is 5. The molecule has 0 N–H and O–H groups in total. The lowest BCUT2D eigenvalue weighted by atomic mass is 10.1. The van der Waals surface area contributed by atoms with Crippen molar-refractivity contribution in [3.63, 3.8) is 0 Å². The number of amides is 1. The number of methoxy groups -OCH3 is 1. The van der Waals surface area contributed by atoms with E-state index in [0.717, 1.165) is 17.3 Å². The first-order chi connectivity index (χ1) is 9.67. The van der Waals surface area contributed by atoms with E-state index in [2.05, 4.69) is 22.5 Å². The van der Waals surface area contributed by atoms with Crippen molar-refractivity contribution >= 4 is 21.8 Å². The lowest BCUT2D eigenvalue weighted by molar-refractivity contribution is 0.0705. The molecule has 1 aromatic carbocycles. The summed E-state index contributed by atoms with van der Waals surface area (Å²) in [7, 11) is 1.61. The molecule has 1 aliphatic rings. The van der Waals surface area contributed by atoms with Crippen LogP contribution in [0.2, 0.25) is 0 Å². The van der Waals surface area contributed by atoms with Gasteiger partial charge in [0.25, 0.3) is 5.91 Å². The first kappa shape index (κ1) is 15.1. The second-order valence-corrected chi connectivity index (χ2v) is 5.88. The molecular weight excluding hydrogens is 318 g/mol. The minimum atomic E-state index is 0.0441. The summed E-state index contributed by atoms with van der Waals surface area (Å²) in [5.74, 6) is 0.740. The molecule has 0 atom stereocenters. The van der Waals surface area contributed by atoms with E-state index in [1.165, 1.54) is 12.8 Å². The van der Waals surface area contributed by atoms with E-state index in [1.54, 1.807) is 19.3 Å². The molecule has 0 unspecified atom stereocenters. The van der Waals surface area contributed by atoms with Crippen LogP contribution in [0.4, 0.5) is 0 Å². The van der Waals surface area contributed by atoms with Gasteiger partial charge in [-0.25, -0.2) is 0 Å². The molecule has 108 valence electrons. The molecule has 1 amide bonds. The van der Waals surface area contributed by atoms with Crippen LogP contribution in [0.3, 0.4) is 0 Å². The zero-order valence-electron chi connectivity index (χ0n) is 11.8. The predicted octanol–water partition coefficient (Wildman–Crippen LogP) is 4.03. The molecule has 0 saturated heterocycles. The van der Waals surface area contributed by atoms with Crippen molar-refractivity contribution in [1.29, 1.82) is 0 Å². The fourth-order valence-electron chi connectivity index (χ4n) is 2.70. The molecular formula is C16H20BrNO2. The number of carbonyl (C=O) groups excluding carboxylic acids is 1. The first-order valence-corrected chi connectivity index (χ1v) is 7.72. The maximum absolute atomic E-state index is 12.8. The van der Waals surface area contributed by atoms with Crippen molar-refractivity contribution < 1.29 is 9.53 Å². The standard InChI is InChI=1S/C16H20BrNO2/c1-3-10-18(12-6-4-5-7-12)16(19)14-11-13(20-2)8-9-15(14)17/h3,8-9,11-12H,1,4-7,10H2,2H3. The summed E-state index contributed by atoms with van der Waals surface area (Å²) in [6, 6.07) is 5.82. The third-order valence-electron chi connectivity index (χ3n) is 3.76. The minimum Gasteiger partial charge on any atom is -0.497 e. The molecule has 1 fully saturated rings. The van der Waals surface area contributed by atoms with Gasteiger partial charge < -0.3 is 9.64 Å². The average Bonchev–Trinajstić information content (AvgIpc) is 2.98. The molecule has 20 heavy (non-hydrogen) atoms. The highest BCUT2D eigenvalue weighted by Crippen LogP contribution is 2.28. The van der Waals surface area contributed by atoms with Gasteiger partial charge in [0.2, 0.25) is 0 Å². The van der Waals surface area contributed by atoms with Crippen LogP contribution in [0.15, 0.2) is 35.3 Å². The lowest BCUT2D eigenvalue weighted by Crippen LogP contribution is -2.39. The topological polar surface area (TPSA) is 29.5 Å². The molecule has 0 aliphatic heterocycles. The normalized spacial score (nSPS) is 15.1. The Kier molecular flexibility index (Phi) is 5.24. The Labute approximate surface area is 128 Å². The van der Waals surface area contributed by atoms with E-state index in [9.17, 15) is 4.79 Å². The maximum atomic E-state index is 12.8. The fraction of sp³-hybridized carbons (Fsp3) is 0.438. The molecule has 4 heteroatoms. The maximum Gasteiger partial charge on any atom is 0.255 e. The van der Waals surface area contributed by atoms with Gasteiger partial charge in [0, 0.05) is 17.1 Å². The van der Waals surface area contributed by atoms with E-state index < -0.39 is 0 Å². The van der Waals surface area contributed by atoms with Crippen LogP contribution in [0.1, 0.15) is 36.0 Å². The van der Waals surface area contributed by atoms with Crippen molar-refractivity contribution in [2.75, 3.05) is 13.7 Å².